The van der Waals surface area contributed by atoms with Gasteiger partial charge < -0.3 is 14.9 Å². The van der Waals surface area contributed by atoms with Crippen molar-refractivity contribution < 1.29 is 4.79 Å². The number of H-pyrrole nitrogens is 2. The first-order valence-electron chi connectivity index (χ1n) is 8.84. The number of nitrogens with zero attached hydrogens (tertiary/aromatic N) is 5. The summed E-state index contributed by atoms with van der Waals surface area (Å²) in [6, 6.07) is 1.81. The van der Waals surface area contributed by atoms with Crippen molar-refractivity contribution in [1.29, 1.82) is 0 Å². The summed E-state index contributed by atoms with van der Waals surface area (Å²) in [5.41, 5.74) is 2.40. The molecule has 136 valence electrons. The average molecular weight is 363 g/mol. The second-order valence-corrected chi connectivity index (χ2v) is 6.70. The van der Waals surface area contributed by atoms with Gasteiger partial charge in [0.25, 0.3) is 5.91 Å². The second kappa shape index (κ2) is 6.04. The number of carbonyl (C=O) groups is 1. The van der Waals surface area contributed by atoms with Gasteiger partial charge in [0.15, 0.2) is 0 Å². The Balaban J connectivity index is 1.55. The first-order valence-corrected chi connectivity index (χ1v) is 8.84. The van der Waals surface area contributed by atoms with Crippen LogP contribution in [0.15, 0.2) is 41.8 Å². The van der Waals surface area contributed by atoms with E-state index in [4.69, 9.17) is 0 Å². The van der Waals surface area contributed by atoms with E-state index < -0.39 is 0 Å². The van der Waals surface area contributed by atoms with Gasteiger partial charge in [-0.25, -0.2) is 14.8 Å². The number of likely N-dealkylation sites (tertiary alicyclic amines) is 1. The number of hydrogen-bond donors (Lipinski definition) is 2. The maximum Gasteiger partial charge on any atom is 0.326 e. The van der Waals surface area contributed by atoms with E-state index in [-0.39, 0.29) is 17.6 Å². The van der Waals surface area contributed by atoms with Crippen LogP contribution < -0.4 is 5.69 Å². The van der Waals surface area contributed by atoms with Crippen molar-refractivity contribution in [1.82, 2.24) is 34.4 Å². The van der Waals surface area contributed by atoms with Gasteiger partial charge in [0.2, 0.25) is 0 Å². The molecule has 1 aliphatic heterocycles. The molecule has 0 aliphatic carbocycles. The maximum atomic E-state index is 12.7. The normalized spacial score (nSPS) is 17.6. The lowest BCUT2D eigenvalue weighted by Gasteiger charge is -2.33. The molecule has 9 nitrogen and oxygen atoms in total. The number of aromatic amines is 2. The van der Waals surface area contributed by atoms with Gasteiger partial charge in [0.05, 0.1) is 29.5 Å². The summed E-state index contributed by atoms with van der Waals surface area (Å²) in [5, 5.41) is 0.892. The van der Waals surface area contributed by atoms with Gasteiger partial charge in [0, 0.05) is 37.1 Å². The molecule has 1 atom stereocenters. The minimum Gasteiger partial charge on any atom is -0.346 e. The monoisotopic (exact) mass is 363 g/mol. The van der Waals surface area contributed by atoms with Gasteiger partial charge in [-0.2, -0.15) is 0 Å². The Kier molecular flexibility index (Phi) is 3.52. The van der Waals surface area contributed by atoms with Crippen LogP contribution in [0.25, 0.3) is 22.1 Å². The van der Waals surface area contributed by atoms with Crippen LogP contribution >= 0.6 is 0 Å². The highest BCUT2D eigenvalue weighted by Gasteiger charge is 2.28. The van der Waals surface area contributed by atoms with Crippen molar-refractivity contribution in [3.8, 4) is 0 Å². The predicted octanol–water partition coefficient (Wildman–Crippen LogP) is 1.47. The first-order chi connectivity index (χ1) is 13.2. The molecule has 0 spiro atoms. The summed E-state index contributed by atoms with van der Waals surface area (Å²) in [4.78, 5) is 45.6. The van der Waals surface area contributed by atoms with Crippen LogP contribution in [0.2, 0.25) is 0 Å². The molecule has 0 aromatic carbocycles. The Morgan fingerprint density at radius 3 is 3.00 bits per heavy atom. The lowest BCUT2D eigenvalue weighted by atomic mass is 10.0. The van der Waals surface area contributed by atoms with Crippen LogP contribution in [0.4, 0.5) is 0 Å². The fourth-order valence-corrected chi connectivity index (χ4v) is 3.89. The van der Waals surface area contributed by atoms with E-state index in [1.165, 1.54) is 18.6 Å². The number of amides is 1. The van der Waals surface area contributed by atoms with E-state index in [9.17, 15) is 9.59 Å². The number of carbonyl (C=O) groups excluding carboxylic acids is 1. The highest BCUT2D eigenvalue weighted by Crippen LogP contribution is 2.28. The van der Waals surface area contributed by atoms with Gasteiger partial charge >= 0.3 is 5.69 Å². The molecule has 5 heterocycles. The molecule has 0 bridgehead atoms. The SMILES string of the molecule is O=C(c1cnccn1)N1CCC[C@@H](n2c(=O)[nH]c3cnc4[nH]ccc4c32)C1. The topological polar surface area (TPSA) is 113 Å². The molecule has 1 fully saturated rings. The highest BCUT2D eigenvalue weighted by atomic mass is 16.2. The van der Waals surface area contributed by atoms with Crippen molar-refractivity contribution in [2.75, 3.05) is 13.1 Å². The van der Waals surface area contributed by atoms with E-state index in [1.807, 2.05) is 12.3 Å². The van der Waals surface area contributed by atoms with Gasteiger partial charge in [-0.1, -0.05) is 0 Å². The molecule has 5 rings (SSSR count). The van der Waals surface area contributed by atoms with Crippen LogP contribution in [0.5, 0.6) is 0 Å². The molecule has 2 N–H and O–H groups in total. The third kappa shape index (κ3) is 2.50. The number of rotatable bonds is 2. The van der Waals surface area contributed by atoms with Crippen molar-refractivity contribution >= 4 is 28.0 Å². The molecule has 1 saturated heterocycles. The largest absolute Gasteiger partial charge is 0.346 e. The predicted molar refractivity (Wildman–Crippen MR) is 98.4 cm³/mol. The van der Waals surface area contributed by atoms with Crippen LogP contribution in [0.3, 0.4) is 0 Å². The molecule has 4 aromatic heterocycles. The van der Waals surface area contributed by atoms with E-state index in [0.29, 0.717) is 24.3 Å². The van der Waals surface area contributed by atoms with E-state index in [1.54, 1.807) is 15.7 Å². The van der Waals surface area contributed by atoms with E-state index >= 15 is 0 Å². The van der Waals surface area contributed by atoms with Crippen LogP contribution in [0, 0.1) is 0 Å². The number of piperidine rings is 1. The Labute approximate surface area is 153 Å². The van der Waals surface area contributed by atoms with Gasteiger partial charge in [-0.3, -0.25) is 14.3 Å². The van der Waals surface area contributed by atoms with Crippen molar-refractivity contribution in [2.24, 2.45) is 0 Å². The Morgan fingerprint density at radius 1 is 1.22 bits per heavy atom. The molecule has 1 amide bonds. The zero-order valence-corrected chi connectivity index (χ0v) is 14.4. The van der Waals surface area contributed by atoms with Crippen LogP contribution in [-0.4, -0.2) is 53.4 Å². The zero-order valence-electron chi connectivity index (χ0n) is 14.4. The van der Waals surface area contributed by atoms with Gasteiger partial charge in [-0.15, -0.1) is 0 Å². The number of aromatic nitrogens is 6. The van der Waals surface area contributed by atoms with E-state index in [0.717, 1.165) is 29.4 Å². The lowest BCUT2D eigenvalue weighted by molar-refractivity contribution is 0.0673. The maximum absolute atomic E-state index is 12.7. The van der Waals surface area contributed by atoms with Crippen LogP contribution in [-0.2, 0) is 0 Å². The second-order valence-electron chi connectivity index (χ2n) is 6.70. The van der Waals surface area contributed by atoms with Crippen molar-refractivity contribution in [3.63, 3.8) is 0 Å². The summed E-state index contributed by atoms with van der Waals surface area (Å²) in [7, 11) is 0. The number of pyridine rings is 1. The summed E-state index contributed by atoms with van der Waals surface area (Å²) in [6.07, 6.45) is 9.63. The summed E-state index contributed by atoms with van der Waals surface area (Å²) >= 11 is 0. The number of fused-ring (bicyclic) bond motifs is 3. The number of nitrogens with one attached hydrogen (secondary N) is 2. The molecule has 27 heavy (non-hydrogen) atoms. The summed E-state index contributed by atoms with van der Waals surface area (Å²) < 4.78 is 1.77. The van der Waals surface area contributed by atoms with Crippen LogP contribution in [0.1, 0.15) is 29.4 Å². The molecule has 0 unspecified atom stereocenters. The fourth-order valence-electron chi connectivity index (χ4n) is 3.89. The third-order valence-electron chi connectivity index (χ3n) is 5.09. The fraction of sp³-hybridized carbons (Fsp3) is 0.278. The number of hydrogen-bond acceptors (Lipinski definition) is 5. The quantitative estimate of drug-likeness (QED) is 0.560. The molecule has 0 saturated carbocycles. The number of imidazole rings is 1. The zero-order chi connectivity index (χ0) is 18.4. The third-order valence-corrected chi connectivity index (χ3v) is 5.09. The standard InChI is InChI=1S/C18H17N7O2/c26-17(14-8-19-5-6-20-14)24-7-1-2-11(10-24)25-15-12-3-4-21-16(12)22-9-13(15)23-18(25)27/h3-6,8-9,11H,1-2,7,10H2,(H,21,22)(H,23,27)/t11-/m1/s1. The smallest absolute Gasteiger partial charge is 0.326 e. The lowest BCUT2D eigenvalue weighted by Crippen LogP contribution is -2.42. The van der Waals surface area contributed by atoms with E-state index in [2.05, 4.69) is 24.9 Å². The highest BCUT2D eigenvalue weighted by molar-refractivity contribution is 6.01. The van der Waals surface area contributed by atoms with Crippen molar-refractivity contribution in [2.45, 2.75) is 18.9 Å². The Morgan fingerprint density at radius 2 is 2.15 bits per heavy atom. The van der Waals surface area contributed by atoms with Crippen molar-refractivity contribution in [3.05, 3.63) is 53.2 Å². The molecular weight excluding hydrogens is 346 g/mol. The minimum absolute atomic E-state index is 0.110. The summed E-state index contributed by atoms with van der Waals surface area (Å²) in [6.45, 7) is 1.10. The molecule has 4 aromatic rings. The first kappa shape index (κ1) is 15.7. The molecule has 1 aliphatic rings. The Bertz CT molecular complexity index is 1190. The van der Waals surface area contributed by atoms with Gasteiger partial charge in [-0.05, 0) is 18.9 Å². The molecule has 0 radical (unpaired) electrons. The Hall–Kier alpha value is -3.49. The molecular formula is C18H17N7O2. The summed E-state index contributed by atoms with van der Waals surface area (Å²) in [5.74, 6) is -0.158. The molecule has 9 heteroatoms. The van der Waals surface area contributed by atoms with Gasteiger partial charge in [0.1, 0.15) is 11.3 Å². The average Bonchev–Trinajstić information content (AvgIpc) is 3.31. The minimum atomic E-state index is -0.181.